The Bertz CT molecular complexity index is 1010. The van der Waals surface area contributed by atoms with Gasteiger partial charge in [-0.25, -0.2) is 8.78 Å². The van der Waals surface area contributed by atoms with Gasteiger partial charge in [0.05, 0.1) is 12.0 Å². The Morgan fingerprint density at radius 2 is 1.57 bits per heavy atom. The Hall–Kier alpha value is -3.14. The zero-order valence-corrected chi connectivity index (χ0v) is 16.9. The van der Waals surface area contributed by atoms with Crippen molar-refractivity contribution in [2.45, 2.75) is 31.1 Å². The summed E-state index contributed by atoms with van der Waals surface area (Å²) in [4.78, 5) is 0. The molecule has 0 radical (unpaired) electrons. The van der Waals surface area contributed by atoms with Gasteiger partial charge in [0, 0.05) is 6.42 Å². The van der Waals surface area contributed by atoms with Gasteiger partial charge in [0.15, 0.2) is 0 Å². The van der Waals surface area contributed by atoms with E-state index >= 15 is 0 Å². The van der Waals surface area contributed by atoms with Crippen LogP contribution in [0.3, 0.4) is 0 Å². The molecule has 1 unspecified atom stereocenters. The fraction of sp³-hybridized carbons (Fsp3) is 0.231. The Balaban J connectivity index is 1.47. The van der Waals surface area contributed by atoms with Crippen LogP contribution in [0.4, 0.5) is 8.78 Å². The number of hydrogen-bond acceptors (Lipinski definition) is 2. The average molecular weight is 406 g/mol. The number of alkyl halides is 2. The molecule has 3 aromatic carbocycles. The number of halogens is 2. The van der Waals surface area contributed by atoms with Gasteiger partial charge in [-0.1, -0.05) is 54.6 Å². The largest absolute Gasteiger partial charge is 0.494 e. The van der Waals surface area contributed by atoms with Gasteiger partial charge >= 0.3 is 0 Å². The molecule has 0 aromatic heterocycles. The average Bonchev–Trinajstić information content (AvgIpc) is 3.31. The lowest BCUT2D eigenvalue weighted by Gasteiger charge is -2.13. The molecule has 0 spiro atoms. The van der Waals surface area contributed by atoms with Crippen LogP contribution in [0.25, 0.3) is 0 Å². The molecule has 0 saturated heterocycles. The summed E-state index contributed by atoms with van der Waals surface area (Å²) in [6.07, 6.45) is 3.88. The highest BCUT2D eigenvalue weighted by atomic mass is 19.3. The van der Waals surface area contributed by atoms with Gasteiger partial charge in [0.2, 0.25) is 0 Å². The molecule has 1 aliphatic carbocycles. The summed E-state index contributed by atoms with van der Waals surface area (Å²) >= 11 is 0. The second-order valence-corrected chi connectivity index (χ2v) is 7.48. The first-order valence-corrected chi connectivity index (χ1v) is 10.1. The highest BCUT2D eigenvalue weighted by Gasteiger charge is 2.70. The van der Waals surface area contributed by atoms with E-state index in [1.165, 1.54) is 0 Å². The maximum atomic E-state index is 14.3. The molecule has 0 bridgehead atoms. The first-order valence-electron chi connectivity index (χ1n) is 10.1. The molecule has 4 heteroatoms. The van der Waals surface area contributed by atoms with Gasteiger partial charge in [-0.05, 0) is 60.9 Å². The monoisotopic (exact) mass is 406 g/mol. The predicted molar refractivity (Wildman–Crippen MR) is 115 cm³/mol. The Kier molecular flexibility index (Phi) is 5.58. The van der Waals surface area contributed by atoms with Gasteiger partial charge in [-0.2, -0.15) is 0 Å². The normalized spacial score (nSPS) is 19.6. The van der Waals surface area contributed by atoms with E-state index in [0.29, 0.717) is 24.3 Å². The van der Waals surface area contributed by atoms with Crippen molar-refractivity contribution in [2.75, 3.05) is 6.61 Å². The summed E-state index contributed by atoms with van der Waals surface area (Å²) in [5.41, 5.74) is 0.398. The van der Waals surface area contributed by atoms with E-state index in [2.05, 4.69) is 0 Å². The number of hydrogen-bond donors (Lipinski definition) is 0. The molecule has 1 atom stereocenters. The quantitative estimate of drug-likeness (QED) is 0.377. The van der Waals surface area contributed by atoms with Crippen molar-refractivity contribution in [3.63, 3.8) is 0 Å². The summed E-state index contributed by atoms with van der Waals surface area (Å²) in [6, 6.07) is 24.2. The Morgan fingerprint density at radius 3 is 2.23 bits per heavy atom. The van der Waals surface area contributed by atoms with Crippen molar-refractivity contribution in [1.29, 1.82) is 0 Å². The molecule has 0 amide bonds. The van der Waals surface area contributed by atoms with Crippen LogP contribution >= 0.6 is 0 Å². The second-order valence-electron chi connectivity index (χ2n) is 7.48. The molecule has 154 valence electrons. The second kappa shape index (κ2) is 8.31. The lowest BCUT2D eigenvalue weighted by atomic mass is 9.94. The van der Waals surface area contributed by atoms with Crippen LogP contribution in [0.2, 0.25) is 0 Å². The summed E-state index contributed by atoms with van der Waals surface area (Å²) in [7, 11) is 0. The molecule has 2 nitrogen and oxygen atoms in total. The van der Waals surface area contributed by atoms with Crippen molar-refractivity contribution in [3.8, 4) is 17.2 Å². The Labute approximate surface area is 175 Å². The van der Waals surface area contributed by atoms with Gasteiger partial charge in [0.25, 0.3) is 5.92 Å². The standard InChI is InChI=1S/C26H24F2O2/c1-2-29-22-15-13-21(14-16-22)25(19-26(25,27)28)17-7-9-20-8-6-12-24(18-20)30-23-10-4-3-5-11-23/h3-8,10-18H,2,9,19H2,1H3/b17-7+. The van der Waals surface area contributed by atoms with E-state index in [0.717, 1.165) is 17.1 Å². The van der Waals surface area contributed by atoms with Crippen LogP contribution in [-0.4, -0.2) is 12.5 Å². The number of ether oxygens (including phenoxy) is 2. The van der Waals surface area contributed by atoms with Crippen LogP contribution in [0.1, 0.15) is 24.5 Å². The van der Waals surface area contributed by atoms with E-state index in [1.54, 1.807) is 30.3 Å². The fourth-order valence-electron chi connectivity index (χ4n) is 3.67. The van der Waals surface area contributed by atoms with Crippen LogP contribution in [0.5, 0.6) is 17.2 Å². The molecule has 1 aliphatic rings. The zero-order chi connectivity index (χ0) is 21.0. The molecule has 1 saturated carbocycles. The molecular weight excluding hydrogens is 382 g/mol. The summed E-state index contributed by atoms with van der Waals surface area (Å²) in [5, 5.41) is 0. The molecule has 30 heavy (non-hydrogen) atoms. The van der Waals surface area contributed by atoms with Crippen LogP contribution in [-0.2, 0) is 11.8 Å². The minimum absolute atomic E-state index is 0.165. The highest BCUT2D eigenvalue weighted by molar-refractivity contribution is 5.46. The lowest BCUT2D eigenvalue weighted by Crippen LogP contribution is -2.13. The number of rotatable bonds is 8. The SMILES string of the molecule is CCOc1ccc(C2(/C=C/Cc3cccc(Oc4ccccc4)c3)CC2(F)F)cc1. The summed E-state index contributed by atoms with van der Waals surface area (Å²) < 4.78 is 39.9. The first-order chi connectivity index (χ1) is 14.5. The van der Waals surface area contributed by atoms with Crippen LogP contribution in [0.15, 0.2) is 91.0 Å². The molecule has 0 aliphatic heterocycles. The van der Waals surface area contributed by atoms with Crippen LogP contribution < -0.4 is 9.47 Å². The minimum Gasteiger partial charge on any atom is -0.494 e. The van der Waals surface area contributed by atoms with E-state index in [4.69, 9.17) is 9.47 Å². The third-order valence-electron chi connectivity index (χ3n) is 5.34. The minimum atomic E-state index is -2.73. The topological polar surface area (TPSA) is 18.5 Å². The summed E-state index contributed by atoms with van der Waals surface area (Å²) in [5.74, 6) is -0.545. The highest BCUT2D eigenvalue weighted by Crippen LogP contribution is 2.62. The van der Waals surface area contributed by atoms with E-state index < -0.39 is 11.3 Å². The molecular formula is C26H24F2O2. The number of para-hydroxylation sites is 1. The lowest BCUT2D eigenvalue weighted by molar-refractivity contribution is 0.0981. The molecule has 0 N–H and O–H groups in total. The summed E-state index contributed by atoms with van der Waals surface area (Å²) in [6.45, 7) is 2.45. The van der Waals surface area contributed by atoms with Crippen molar-refractivity contribution in [3.05, 3.63) is 102 Å². The zero-order valence-electron chi connectivity index (χ0n) is 16.9. The molecule has 4 rings (SSSR count). The molecule has 3 aromatic rings. The maximum absolute atomic E-state index is 14.3. The third kappa shape index (κ3) is 4.23. The van der Waals surface area contributed by atoms with Crippen molar-refractivity contribution in [2.24, 2.45) is 0 Å². The van der Waals surface area contributed by atoms with Gasteiger partial charge in [-0.15, -0.1) is 0 Å². The Morgan fingerprint density at radius 1 is 0.867 bits per heavy atom. The smallest absolute Gasteiger partial charge is 0.262 e. The molecule has 0 heterocycles. The van der Waals surface area contributed by atoms with Crippen molar-refractivity contribution < 1.29 is 18.3 Å². The van der Waals surface area contributed by atoms with E-state index in [9.17, 15) is 8.78 Å². The van der Waals surface area contributed by atoms with Gasteiger partial charge in [0.1, 0.15) is 17.2 Å². The fourth-order valence-corrected chi connectivity index (χ4v) is 3.67. The van der Waals surface area contributed by atoms with E-state index in [1.807, 2.05) is 67.6 Å². The first kappa shape index (κ1) is 20.1. The van der Waals surface area contributed by atoms with Crippen molar-refractivity contribution >= 4 is 0 Å². The molecule has 1 fully saturated rings. The van der Waals surface area contributed by atoms with Gasteiger partial charge in [-0.3, -0.25) is 0 Å². The van der Waals surface area contributed by atoms with Gasteiger partial charge < -0.3 is 9.47 Å². The van der Waals surface area contributed by atoms with Crippen molar-refractivity contribution in [1.82, 2.24) is 0 Å². The van der Waals surface area contributed by atoms with Crippen LogP contribution in [0, 0.1) is 0 Å². The van der Waals surface area contributed by atoms with E-state index in [-0.39, 0.29) is 6.42 Å². The number of benzene rings is 3. The predicted octanol–water partition coefficient (Wildman–Crippen LogP) is 6.95. The maximum Gasteiger partial charge on any atom is 0.262 e. The third-order valence-corrected chi connectivity index (χ3v) is 5.34. The number of allylic oxidation sites excluding steroid dienone is 2.